The van der Waals surface area contributed by atoms with Gasteiger partial charge in [-0.1, -0.05) is 34.1 Å². The smallest absolute Gasteiger partial charge is 0.220 e. The van der Waals surface area contributed by atoms with Gasteiger partial charge in [-0.3, -0.25) is 4.79 Å². The molecule has 0 saturated heterocycles. The molecule has 4 aliphatic rings. The molecule has 0 spiro atoms. The average Bonchev–Trinajstić information content (AvgIpc) is 3.21. The third kappa shape index (κ3) is 5.13. The maximum absolute atomic E-state index is 12.4. The Balaban J connectivity index is 1.41. The van der Waals surface area contributed by atoms with Crippen LogP contribution in [0.2, 0.25) is 0 Å². The highest BCUT2D eigenvalue weighted by Gasteiger charge is 2.64. The highest BCUT2D eigenvalue weighted by molar-refractivity contribution is 5.75. The van der Waals surface area contributed by atoms with Crippen molar-refractivity contribution in [1.29, 1.82) is 0 Å². The van der Waals surface area contributed by atoms with E-state index in [-0.39, 0.29) is 28.9 Å². The van der Waals surface area contributed by atoms with Crippen molar-refractivity contribution in [1.82, 2.24) is 10.6 Å². The van der Waals surface area contributed by atoms with E-state index in [1.54, 1.807) is 0 Å². The molecule has 208 valence electrons. The molecule has 0 aliphatic heterocycles. The SMILES string of the molecule is CC[C@H]1[C@@H](O)[C@@H]2[C@H](CC[C@]3(C)[C@@H]([C@H](C)CCC(=O)NCCNCCN)CC[C@@H]23)[C@@]2(C)CC[C@@H](O)C[C@@H]12. The molecule has 4 fully saturated rings. The van der Waals surface area contributed by atoms with Crippen molar-refractivity contribution in [3.05, 3.63) is 0 Å². The summed E-state index contributed by atoms with van der Waals surface area (Å²) in [6, 6.07) is 0. The zero-order valence-electron chi connectivity index (χ0n) is 23.5. The predicted octanol–water partition coefficient (Wildman–Crippen LogP) is 3.69. The molecule has 0 unspecified atom stereocenters. The predicted molar refractivity (Wildman–Crippen MR) is 145 cm³/mol. The van der Waals surface area contributed by atoms with Crippen LogP contribution in [0.1, 0.15) is 91.9 Å². The zero-order chi connectivity index (χ0) is 26.1. The van der Waals surface area contributed by atoms with Gasteiger partial charge in [-0.25, -0.2) is 0 Å². The van der Waals surface area contributed by atoms with Crippen molar-refractivity contribution in [2.75, 3.05) is 26.2 Å². The first-order valence-electron chi connectivity index (χ1n) is 15.2. The summed E-state index contributed by atoms with van der Waals surface area (Å²) in [5.74, 6) is 3.64. The Morgan fingerprint density at radius 1 is 1.00 bits per heavy atom. The molecule has 36 heavy (non-hydrogen) atoms. The number of carbonyl (C=O) groups is 1. The lowest BCUT2D eigenvalue weighted by molar-refractivity contribution is -0.203. The molecule has 0 aromatic rings. The average molecular weight is 506 g/mol. The lowest BCUT2D eigenvalue weighted by atomic mass is 9.41. The third-order valence-corrected chi connectivity index (χ3v) is 11.9. The van der Waals surface area contributed by atoms with Crippen molar-refractivity contribution < 1.29 is 15.0 Å². The molecule has 0 heterocycles. The van der Waals surface area contributed by atoms with Crippen molar-refractivity contribution in [3.63, 3.8) is 0 Å². The summed E-state index contributed by atoms with van der Waals surface area (Å²) < 4.78 is 0. The minimum atomic E-state index is -0.235. The third-order valence-electron chi connectivity index (χ3n) is 11.9. The van der Waals surface area contributed by atoms with E-state index in [4.69, 9.17) is 5.73 Å². The highest BCUT2D eigenvalue weighted by Crippen LogP contribution is 2.69. The molecular weight excluding hydrogens is 450 g/mol. The summed E-state index contributed by atoms with van der Waals surface area (Å²) in [6.45, 7) is 12.5. The first-order valence-corrected chi connectivity index (χ1v) is 15.2. The molecule has 4 saturated carbocycles. The lowest BCUT2D eigenvalue weighted by Crippen LogP contribution is -2.62. The van der Waals surface area contributed by atoms with Crippen molar-refractivity contribution in [3.8, 4) is 0 Å². The Kier molecular flexibility index (Phi) is 9.12. The molecular formula is C30H55N3O3. The van der Waals surface area contributed by atoms with Crippen LogP contribution in [-0.2, 0) is 4.79 Å². The van der Waals surface area contributed by atoms with Gasteiger partial charge in [0.1, 0.15) is 0 Å². The summed E-state index contributed by atoms with van der Waals surface area (Å²) >= 11 is 0. The number of rotatable bonds is 10. The van der Waals surface area contributed by atoms with Crippen LogP contribution in [0.4, 0.5) is 0 Å². The van der Waals surface area contributed by atoms with E-state index >= 15 is 0 Å². The molecule has 0 bridgehead atoms. The van der Waals surface area contributed by atoms with Gasteiger partial charge in [0.05, 0.1) is 12.2 Å². The van der Waals surface area contributed by atoms with Gasteiger partial charge in [-0.2, -0.15) is 0 Å². The molecule has 6 heteroatoms. The van der Waals surface area contributed by atoms with Crippen LogP contribution in [0.5, 0.6) is 0 Å². The van der Waals surface area contributed by atoms with Crippen LogP contribution in [0.15, 0.2) is 0 Å². The number of hydrogen-bond donors (Lipinski definition) is 5. The van der Waals surface area contributed by atoms with E-state index in [0.717, 1.165) is 45.2 Å². The molecule has 6 nitrogen and oxygen atoms in total. The molecule has 4 aliphatic carbocycles. The van der Waals surface area contributed by atoms with Crippen LogP contribution in [0.25, 0.3) is 0 Å². The summed E-state index contributed by atoms with van der Waals surface area (Å²) in [7, 11) is 0. The Hall–Kier alpha value is -0.690. The first-order chi connectivity index (χ1) is 17.2. The van der Waals surface area contributed by atoms with Gasteiger partial charge in [0.15, 0.2) is 0 Å². The lowest BCUT2D eigenvalue weighted by Gasteiger charge is -2.64. The van der Waals surface area contributed by atoms with Crippen LogP contribution in [-0.4, -0.2) is 54.5 Å². The minimum absolute atomic E-state index is 0.159. The van der Waals surface area contributed by atoms with Crippen LogP contribution >= 0.6 is 0 Å². The Morgan fingerprint density at radius 3 is 2.44 bits per heavy atom. The molecule has 4 rings (SSSR count). The van der Waals surface area contributed by atoms with Crippen molar-refractivity contribution >= 4 is 5.91 Å². The Morgan fingerprint density at radius 2 is 1.72 bits per heavy atom. The fourth-order valence-corrected chi connectivity index (χ4v) is 10.1. The van der Waals surface area contributed by atoms with Gasteiger partial charge in [0.25, 0.3) is 0 Å². The van der Waals surface area contributed by atoms with E-state index < -0.39 is 0 Å². The molecule has 1 amide bonds. The van der Waals surface area contributed by atoms with E-state index in [9.17, 15) is 15.0 Å². The van der Waals surface area contributed by atoms with E-state index in [1.165, 1.54) is 25.7 Å². The maximum Gasteiger partial charge on any atom is 0.220 e. The normalized spacial score (nSPS) is 44.9. The number of nitrogens with two attached hydrogens (primary N) is 1. The van der Waals surface area contributed by atoms with Crippen molar-refractivity contribution in [2.24, 2.45) is 58.0 Å². The number of nitrogens with one attached hydrogen (secondary N) is 2. The second kappa shape index (κ2) is 11.6. The van der Waals surface area contributed by atoms with Crippen LogP contribution in [0, 0.1) is 52.3 Å². The Bertz CT molecular complexity index is 749. The van der Waals surface area contributed by atoms with E-state index in [0.29, 0.717) is 60.9 Å². The number of aliphatic hydroxyl groups is 2. The quantitative estimate of drug-likeness (QED) is 0.291. The number of amides is 1. The molecule has 0 aromatic heterocycles. The summed E-state index contributed by atoms with van der Waals surface area (Å²) in [5.41, 5.74) is 6.01. The number of hydrogen-bond acceptors (Lipinski definition) is 5. The monoisotopic (exact) mass is 505 g/mol. The van der Waals surface area contributed by atoms with Crippen LogP contribution in [0.3, 0.4) is 0 Å². The molecule has 0 aromatic carbocycles. The van der Waals surface area contributed by atoms with Crippen LogP contribution < -0.4 is 16.4 Å². The standard InChI is InChI=1S/C30H55N3O3/c1-5-21-25-18-20(34)10-12-30(25,4)24-11-13-29(3)22(7-8-23(29)27(24)28(21)36)19(2)6-9-26(35)33-17-16-32-15-14-31/h19-25,27-28,32,34,36H,5-18,31H2,1-4H3,(H,33,35)/t19-,20-,21-,22-,23+,24+,25+,27+,28-,29-,30-/m1/s1. The summed E-state index contributed by atoms with van der Waals surface area (Å²) in [5, 5.41) is 28.6. The topological polar surface area (TPSA) is 108 Å². The fraction of sp³-hybridized carbons (Fsp3) is 0.967. The summed E-state index contributed by atoms with van der Waals surface area (Å²) in [4.78, 5) is 12.4. The van der Waals surface area contributed by atoms with Gasteiger partial charge >= 0.3 is 0 Å². The largest absolute Gasteiger partial charge is 0.393 e. The van der Waals surface area contributed by atoms with Crippen molar-refractivity contribution in [2.45, 2.75) is 104 Å². The summed E-state index contributed by atoms with van der Waals surface area (Å²) in [6.07, 6.45) is 9.98. The van der Waals surface area contributed by atoms with Gasteiger partial charge < -0.3 is 26.6 Å². The highest BCUT2D eigenvalue weighted by atomic mass is 16.3. The molecule has 6 N–H and O–H groups in total. The maximum atomic E-state index is 12.4. The van der Waals surface area contributed by atoms with E-state index in [2.05, 4.69) is 38.3 Å². The van der Waals surface area contributed by atoms with Gasteiger partial charge in [0, 0.05) is 32.6 Å². The Labute approximate surface area is 219 Å². The molecule has 0 radical (unpaired) electrons. The number of fused-ring (bicyclic) bond motifs is 5. The van der Waals surface area contributed by atoms with E-state index in [1.807, 2.05) is 0 Å². The van der Waals surface area contributed by atoms with Gasteiger partial charge in [-0.05, 0) is 104 Å². The van der Waals surface area contributed by atoms with Gasteiger partial charge in [0.2, 0.25) is 5.91 Å². The second-order valence-electron chi connectivity index (χ2n) is 13.5. The zero-order valence-corrected chi connectivity index (χ0v) is 23.5. The second-order valence-corrected chi connectivity index (χ2v) is 13.5. The fourth-order valence-electron chi connectivity index (χ4n) is 10.1. The minimum Gasteiger partial charge on any atom is -0.393 e. The number of carbonyl (C=O) groups excluding carboxylic acids is 1. The van der Waals surface area contributed by atoms with Gasteiger partial charge in [-0.15, -0.1) is 0 Å². The number of aliphatic hydroxyl groups excluding tert-OH is 2. The molecule has 11 atom stereocenters. The first kappa shape index (κ1) is 28.3.